The van der Waals surface area contributed by atoms with Crippen LogP contribution in [-0.2, 0) is 11.3 Å². The molecule has 2 aliphatic rings. The van der Waals surface area contributed by atoms with Crippen LogP contribution in [0.3, 0.4) is 0 Å². The zero-order valence-electron chi connectivity index (χ0n) is 15.3. The van der Waals surface area contributed by atoms with Gasteiger partial charge in [-0.1, -0.05) is 17.7 Å². The smallest absolute Gasteiger partial charge is 0.410 e. The van der Waals surface area contributed by atoms with Gasteiger partial charge in [0.2, 0.25) is 0 Å². The van der Waals surface area contributed by atoms with Gasteiger partial charge in [0.15, 0.2) is 11.5 Å². The van der Waals surface area contributed by atoms with Gasteiger partial charge in [-0.2, -0.15) is 0 Å². The van der Waals surface area contributed by atoms with E-state index in [2.05, 4.69) is 24.8 Å². The molecule has 1 aromatic rings. The maximum atomic E-state index is 12.3. The number of carbonyl (C=O) groups excluding carboxylic acids is 1. The Morgan fingerprint density at radius 2 is 2.00 bits per heavy atom. The molecule has 0 unspecified atom stereocenters. The number of amides is 1. The molecule has 2 aliphatic heterocycles. The van der Waals surface area contributed by atoms with Crippen molar-refractivity contribution in [3.63, 3.8) is 0 Å². The molecule has 6 nitrogen and oxygen atoms in total. The summed E-state index contributed by atoms with van der Waals surface area (Å²) in [4.78, 5) is 16.4. The third-order valence-electron chi connectivity index (χ3n) is 4.76. The van der Waals surface area contributed by atoms with Crippen LogP contribution >= 0.6 is 0 Å². The topological polar surface area (TPSA) is 51.2 Å². The fraction of sp³-hybridized carbons (Fsp3) is 0.526. The van der Waals surface area contributed by atoms with Crippen LogP contribution in [0.5, 0.6) is 11.5 Å². The zero-order valence-corrected chi connectivity index (χ0v) is 15.3. The highest BCUT2D eigenvalue weighted by Crippen LogP contribution is 2.31. The van der Waals surface area contributed by atoms with Crippen LogP contribution in [0.4, 0.5) is 4.79 Å². The second-order valence-electron chi connectivity index (χ2n) is 6.81. The van der Waals surface area contributed by atoms with E-state index < -0.39 is 0 Å². The van der Waals surface area contributed by atoms with Crippen molar-refractivity contribution in [3.8, 4) is 11.5 Å². The molecule has 0 N–H and O–H groups in total. The van der Waals surface area contributed by atoms with Crippen molar-refractivity contribution in [1.82, 2.24) is 9.80 Å². The highest BCUT2D eigenvalue weighted by molar-refractivity contribution is 5.71. The van der Waals surface area contributed by atoms with Gasteiger partial charge in [-0.25, -0.2) is 4.79 Å². The van der Waals surface area contributed by atoms with Gasteiger partial charge < -0.3 is 14.2 Å². The number of nitrogens with zero attached hydrogens (tertiary/aromatic N) is 2. The molecule has 2 fully saturated rings. The number of methoxy groups -OCH3 is 2. The molecule has 6 heteroatoms. The van der Waals surface area contributed by atoms with E-state index in [1.54, 1.807) is 14.2 Å². The Morgan fingerprint density at radius 1 is 1.24 bits per heavy atom. The van der Waals surface area contributed by atoms with E-state index in [0.717, 1.165) is 25.2 Å². The summed E-state index contributed by atoms with van der Waals surface area (Å²) in [6.07, 6.45) is 1.94. The average molecular weight is 346 g/mol. The number of carbonyl (C=O) groups is 1. The average Bonchev–Trinajstić information content (AvgIpc) is 3.11. The number of fused-ring (bicyclic) bond motifs is 1. The van der Waals surface area contributed by atoms with E-state index in [1.165, 1.54) is 5.57 Å². The third kappa shape index (κ3) is 3.74. The number of hydrogen-bond donors (Lipinski definition) is 0. The maximum Gasteiger partial charge on any atom is 0.410 e. The quantitative estimate of drug-likeness (QED) is 0.741. The second kappa shape index (κ2) is 7.35. The van der Waals surface area contributed by atoms with Crippen molar-refractivity contribution in [3.05, 3.63) is 35.4 Å². The molecule has 2 atom stereocenters. The molecule has 2 saturated heterocycles. The van der Waals surface area contributed by atoms with Gasteiger partial charge in [-0.3, -0.25) is 9.80 Å². The molecule has 136 valence electrons. The van der Waals surface area contributed by atoms with Crippen molar-refractivity contribution in [2.45, 2.75) is 32.5 Å². The van der Waals surface area contributed by atoms with Gasteiger partial charge in [0, 0.05) is 26.2 Å². The summed E-state index contributed by atoms with van der Waals surface area (Å²) in [5, 5.41) is 0. The largest absolute Gasteiger partial charge is 0.493 e. The molecule has 0 radical (unpaired) electrons. The number of benzene rings is 1. The van der Waals surface area contributed by atoms with Crippen LogP contribution in [0, 0.1) is 0 Å². The minimum Gasteiger partial charge on any atom is -0.493 e. The predicted octanol–water partition coefficient (Wildman–Crippen LogP) is 2.68. The van der Waals surface area contributed by atoms with Gasteiger partial charge in [0.25, 0.3) is 0 Å². The first kappa shape index (κ1) is 17.6. The molecule has 3 rings (SSSR count). The summed E-state index contributed by atoms with van der Waals surface area (Å²) in [5.74, 6) is 1.35. The standard InChI is InChI=1S/C19H26N2O4/c1-13(2)7-8-20-11-15-18(12-20)25-19(22)21(15)10-14-5-6-16(23-3)17(9-14)24-4/h5-7,9,15,18H,8,10-12H2,1-4H3/t15-,18+/m1/s1. The number of rotatable bonds is 6. The minimum absolute atomic E-state index is 0.0433. The number of hydrogen-bond acceptors (Lipinski definition) is 5. The molecule has 0 aliphatic carbocycles. The highest BCUT2D eigenvalue weighted by atomic mass is 16.6. The lowest BCUT2D eigenvalue weighted by atomic mass is 10.1. The monoisotopic (exact) mass is 346 g/mol. The fourth-order valence-electron chi connectivity index (χ4n) is 3.40. The van der Waals surface area contributed by atoms with Gasteiger partial charge in [-0.05, 0) is 31.5 Å². The van der Waals surface area contributed by atoms with E-state index >= 15 is 0 Å². The molecule has 1 aromatic carbocycles. The Morgan fingerprint density at radius 3 is 2.68 bits per heavy atom. The van der Waals surface area contributed by atoms with Gasteiger partial charge >= 0.3 is 6.09 Å². The summed E-state index contributed by atoms with van der Waals surface area (Å²) >= 11 is 0. The number of ether oxygens (including phenoxy) is 3. The predicted molar refractivity (Wildman–Crippen MR) is 95.0 cm³/mol. The first-order valence-corrected chi connectivity index (χ1v) is 8.55. The van der Waals surface area contributed by atoms with Gasteiger partial charge in [0.1, 0.15) is 6.10 Å². The van der Waals surface area contributed by atoms with Gasteiger partial charge in [-0.15, -0.1) is 0 Å². The molecule has 0 saturated carbocycles. The van der Waals surface area contributed by atoms with Crippen molar-refractivity contribution < 1.29 is 19.0 Å². The lowest BCUT2D eigenvalue weighted by Gasteiger charge is -2.22. The first-order chi connectivity index (χ1) is 12.0. The molecule has 2 heterocycles. The van der Waals surface area contributed by atoms with Crippen LogP contribution in [0.25, 0.3) is 0 Å². The normalized spacial score (nSPS) is 22.6. The minimum atomic E-state index is -0.230. The zero-order chi connectivity index (χ0) is 18.0. The van der Waals surface area contributed by atoms with E-state index in [0.29, 0.717) is 18.0 Å². The van der Waals surface area contributed by atoms with Crippen LogP contribution < -0.4 is 9.47 Å². The SMILES string of the molecule is COc1ccc(CN2C(=O)O[C@H]3CN(CC=C(C)C)C[C@H]32)cc1OC. The molecular weight excluding hydrogens is 320 g/mol. The molecule has 0 spiro atoms. The molecular formula is C19H26N2O4. The van der Waals surface area contributed by atoms with Crippen molar-refractivity contribution in [2.75, 3.05) is 33.9 Å². The molecule has 0 aromatic heterocycles. The van der Waals surface area contributed by atoms with Crippen LogP contribution in [0.1, 0.15) is 19.4 Å². The molecule has 25 heavy (non-hydrogen) atoms. The van der Waals surface area contributed by atoms with Gasteiger partial charge in [0.05, 0.1) is 20.3 Å². The Hall–Kier alpha value is -2.21. The molecule has 1 amide bonds. The summed E-state index contributed by atoms with van der Waals surface area (Å²) in [6.45, 7) is 7.24. The lowest BCUT2D eigenvalue weighted by Crippen LogP contribution is -2.37. The fourth-order valence-corrected chi connectivity index (χ4v) is 3.40. The number of likely N-dealkylation sites (tertiary alicyclic amines) is 1. The Kier molecular flexibility index (Phi) is 5.18. The molecule has 0 bridgehead atoms. The van der Waals surface area contributed by atoms with Crippen molar-refractivity contribution in [2.24, 2.45) is 0 Å². The summed E-state index contributed by atoms with van der Waals surface area (Å²) in [7, 11) is 3.22. The Balaban J connectivity index is 1.70. The van der Waals surface area contributed by atoms with E-state index in [1.807, 2.05) is 23.1 Å². The van der Waals surface area contributed by atoms with Crippen LogP contribution in [-0.4, -0.2) is 61.9 Å². The summed E-state index contributed by atoms with van der Waals surface area (Å²) < 4.78 is 16.2. The lowest BCUT2D eigenvalue weighted by molar-refractivity contribution is 0.122. The van der Waals surface area contributed by atoms with Crippen LogP contribution in [0.15, 0.2) is 29.8 Å². The third-order valence-corrected chi connectivity index (χ3v) is 4.76. The Labute approximate surface area is 148 Å². The number of allylic oxidation sites excluding steroid dienone is 1. The van der Waals surface area contributed by atoms with Crippen LogP contribution in [0.2, 0.25) is 0 Å². The Bertz CT molecular complexity index is 669. The van der Waals surface area contributed by atoms with E-state index in [9.17, 15) is 4.79 Å². The maximum absolute atomic E-state index is 12.3. The summed E-state index contributed by atoms with van der Waals surface area (Å²) in [5.41, 5.74) is 2.30. The van der Waals surface area contributed by atoms with Crippen molar-refractivity contribution in [1.29, 1.82) is 0 Å². The van der Waals surface area contributed by atoms with Crippen molar-refractivity contribution >= 4 is 6.09 Å². The highest BCUT2D eigenvalue weighted by Gasteiger charge is 2.47. The van der Waals surface area contributed by atoms with E-state index in [-0.39, 0.29) is 18.2 Å². The second-order valence-corrected chi connectivity index (χ2v) is 6.81. The summed E-state index contributed by atoms with van der Waals surface area (Å²) in [6, 6.07) is 5.84. The van der Waals surface area contributed by atoms with E-state index in [4.69, 9.17) is 14.2 Å². The first-order valence-electron chi connectivity index (χ1n) is 8.55.